The molecule has 0 atom stereocenters. The highest BCUT2D eigenvalue weighted by Crippen LogP contribution is 2.23. The third kappa shape index (κ3) is 2.28. The van der Waals surface area contributed by atoms with Gasteiger partial charge in [0.2, 0.25) is 0 Å². The second-order valence-electron chi connectivity index (χ2n) is 2.31. The summed E-state index contributed by atoms with van der Waals surface area (Å²) in [5, 5.41) is -0.0565. The number of rotatable bonds is 2. The number of hydrogen-bond donors (Lipinski definition) is 1. The molecule has 1 aromatic heterocycles. The van der Waals surface area contributed by atoms with Crippen LogP contribution in [0.2, 0.25) is 5.02 Å². The minimum atomic E-state index is -2.64. The van der Waals surface area contributed by atoms with Crippen LogP contribution in [0, 0.1) is 0 Å². The molecule has 72 valence electrons. The first kappa shape index (κ1) is 10.7. The molecule has 0 aliphatic heterocycles. The first-order valence-electron chi connectivity index (χ1n) is 3.32. The summed E-state index contributed by atoms with van der Waals surface area (Å²) >= 11 is 8.38. The fourth-order valence-corrected chi connectivity index (χ4v) is 1.49. The number of hydrogen-bond acceptors (Lipinski definition) is 1. The van der Waals surface area contributed by atoms with Crippen molar-refractivity contribution >= 4 is 27.5 Å². The van der Waals surface area contributed by atoms with Crippen LogP contribution in [0.4, 0.5) is 8.78 Å². The van der Waals surface area contributed by atoms with Gasteiger partial charge in [0.15, 0.2) is 0 Å². The lowest BCUT2D eigenvalue weighted by molar-refractivity contribution is 0.150. The molecule has 2 nitrogen and oxygen atoms in total. The van der Waals surface area contributed by atoms with Gasteiger partial charge < -0.3 is 4.98 Å². The molecule has 0 saturated heterocycles. The molecule has 0 saturated carbocycles. The molecular weight excluding hydrogens is 267 g/mol. The molecule has 6 heteroatoms. The first-order chi connectivity index (χ1) is 6.06. The maximum absolute atomic E-state index is 12.3. The molecule has 0 spiro atoms. The van der Waals surface area contributed by atoms with Crippen molar-refractivity contribution in [2.24, 2.45) is 0 Å². The topological polar surface area (TPSA) is 32.9 Å². The van der Waals surface area contributed by atoms with Gasteiger partial charge in [0.05, 0.1) is 0 Å². The third-order valence-corrected chi connectivity index (χ3v) is 2.32. The van der Waals surface area contributed by atoms with Gasteiger partial charge in [-0.05, 0) is 6.07 Å². The van der Waals surface area contributed by atoms with Gasteiger partial charge in [-0.2, -0.15) is 0 Å². The molecule has 0 aromatic carbocycles. The zero-order chi connectivity index (χ0) is 10.0. The predicted octanol–water partition coefficient (Wildman–Crippen LogP) is 2.86. The molecule has 0 aliphatic rings. The van der Waals surface area contributed by atoms with Crippen LogP contribution in [-0.2, 0) is 5.33 Å². The molecule has 1 aromatic rings. The molecule has 13 heavy (non-hydrogen) atoms. The van der Waals surface area contributed by atoms with Gasteiger partial charge >= 0.3 is 0 Å². The summed E-state index contributed by atoms with van der Waals surface area (Å²) in [5.41, 5.74) is -0.647. The highest BCUT2D eigenvalue weighted by molar-refractivity contribution is 9.08. The number of aromatic amines is 1. The van der Waals surface area contributed by atoms with Crippen molar-refractivity contribution in [2.45, 2.75) is 11.8 Å². The first-order valence-corrected chi connectivity index (χ1v) is 4.82. The van der Waals surface area contributed by atoms with Crippen LogP contribution in [-0.4, -0.2) is 4.98 Å². The second kappa shape index (κ2) is 4.19. The van der Waals surface area contributed by atoms with Crippen molar-refractivity contribution in [3.05, 3.63) is 32.7 Å². The zero-order valence-electron chi connectivity index (χ0n) is 6.28. The van der Waals surface area contributed by atoms with Crippen molar-refractivity contribution in [2.75, 3.05) is 0 Å². The van der Waals surface area contributed by atoms with E-state index in [1.807, 2.05) is 0 Å². The van der Waals surface area contributed by atoms with Crippen LogP contribution in [0.1, 0.15) is 17.7 Å². The summed E-state index contributed by atoms with van der Waals surface area (Å²) in [6.07, 6.45) is -2.64. The summed E-state index contributed by atoms with van der Waals surface area (Å²) < 4.78 is 24.6. The number of halogens is 4. The normalized spacial score (nSPS) is 10.8. The molecule has 0 unspecified atom stereocenters. The fourth-order valence-electron chi connectivity index (χ4n) is 0.863. The molecule has 0 bridgehead atoms. The number of nitrogens with one attached hydrogen (secondary N) is 1. The average molecular weight is 272 g/mol. The fraction of sp³-hybridized carbons (Fsp3) is 0.286. The van der Waals surface area contributed by atoms with Gasteiger partial charge in [0, 0.05) is 16.6 Å². The van der Waals surface area contributed by atoms with E-state index >= 15 is 0 Å². The Hall–Kier alpha value is -0.420. The summed E-state index contributed by atoms with van der Waals surface area (Å²) in [6.45, 7) is 0. The van der Waals surface area contributed by atoms with E-state index in [0.717, 1.165) is 6.07 Å². The number of aromatic nitrogens is 1. The largest absolute Gasteiger partial charge is 0.324 e. The Balaban J connectivity index is 3.33. The smallest absolute Gasteiger partial charge is 0.266 e. The summed E-state index contributed by atoms with van der Waals surface area (Å²) in [4.78, 5) is 13.2. The minimum Gasteiger partial charge on any atom is -0.324 e. The van der Waals surface area contributed by atoms with Crippen LogP contribution in [0.15, 0.2) is 10.9 Å². The SMILES string of the molecule is O=c1[nH]c(CBr)c(C(F)F)cc1Cl. The molecule has 0 fully saturated rings. The van der Waals surface area contributed by atoms with Gasteiger partial charge in [-0.15, -0.1) is 0 Å². The molecule has 0 amide bonds. The van der Waals surface area contributed by atoms with Crippen molar-refractivity contribution in [3.63, 3.8) is 0 Å². The van der Waals surface area contributed by atoms with Crippen molar-refractivity contribution in [3.8, 4) is 0 Å². The van der Waals surface area contributed by atoms with Gasteiger partial charge in [-0.25, -0.2) is 8.78 Å². The lowest BCUT2D eigenvalue weighted by Gasteiger charge is -2.05. The van der Waals surface area contributed by atoms with Crippen molar-refractivity contribution in [1.82, 2.24) is 4.98 Å². The van der Waals surface area contributed by atoms with Crippen molar-refractivity contribution in [1.29, 1.82) is 0 Å². The van der Waals surface area contributed by atoms with Crippen molar-refractivity contribution < 1.29 is 8.78 Å². The van der Waals surface area contributed by atoms with Gasteiger partial charge in [-0.3, -0.25) is 4.79 Å². The maximum atomic E-state index is 12.3. The Morgan fingerprint density at radius 3 is 2.69 bits per heavy atom. The molecule has 0 aliphatic carbocycles. The van der Waals surface area contributed by atoms with E-state index in [1.54, 1.807) is 0 Å². The van der Waals surface area contributed by atoms with E-state index in [-0.39, 0.29) is 21.6 Å². The predicted molar refractivity (Wildman–Crippen MR) is 49.7 cm³/mol. The van der Waals surface area contributed by atoms with E-state index in [1.165, 1.54) is 0 Å². The van der Waals surface area contributed by atoms with Crippen LogP contribution < -0.4 is 5.56 Å². The second-order valence-corrected chi connectivity index (χ2v) is 3.28. The van der Waals surface area contributed by atoms with Gasteiger partial charge in [-0.1, -0.05) is 27.5 Å². The Bertz CT molecular complexity index is 366. The lowest BCUT2D eigenvalue weighted by Crippen LogP contribution is -2.11. The highest BCUT2D eigenvalue weighted by Gasteiger charge is 2.14. The number of alkyl halides is 3. The van der Waals surface area contributed by atoms with E-state index in [0.29, 0.717) is 0 Å². The van der Waals surface area contributed by atoms with E-state index in [4.69, 9.17) is 11.6 Å². The molecule has 1 N–H and O–H groups in total. The van der Waals surface area contributed by atoms with Crippen LogP contribution >= 0.6 is 27.5 Å². The molecule has 0 radical (unpaired) electrons. The zero-order valence-corrected chi connectivity index (χ0v) is 8.62. The Labute approximate surface area is 86.0 Å². The third-order valence-electron chi connectivity index (χ3n) is 1.48. The number of pyridine rings is 1. The summed E-state index contributed by atoms with van der Waals surface area (Å²) in [7, 11) is 0. The standard InChI is InChI=1S/C7H5BrClF2NO/c8-2-5-3(6(10)11)1-4(9)7(13)12-5/h1,6H,2H2,(H,12,13). The molecular formula is C7H5BrClF2NO. The maximum Gasteiger partial charge on any atom is 0.266 e. The average Bonchev–Trinajstić information content (AvgIpc) is 2.08. The van der Waals surface area contributed by atoms with E-state index in [2.05, 4.69) is 20.9 Å². The van der Waals surface area contributed by atoms with Crippen LogP contribution in [0.5, 0.6) is 0 Å². The quantitative estimate of drug-likeness (QED) is 0.825. The highest BCUT2D eigenvalue weighted by atomic mass is 79.9. The minimum absolute atomic E-state index is 0.157. The Morgan fingerprint density at radius 2 is 2.23 bits per heavy atom. The lowest BCUT2D eigenvalue weighted by atomic mass is 10.2. The van der Waals surface area contributed by atoms with Gasteiger partial charge in [0.25, 0.3) is 12.0 Å². The number of H-pyrrole nitrogens is 1. The van der Waals surface area contributed by atoms with Crippen LogP contribution in [0.25, 0.3) is 0 Å². The van der Waals surface area contributed by atoms with Crippen LogP contribution in [0.3, 0.4) is 0 Å². The monoisotopic (exact) mass is 271 g/mol. The van der Waals surface area contributed by atoms with E-state index in [9.17, 15) is 13.6 Å². The van der Waals surface area contributed by atoms with Gasteiger partial charge in [0.1, 0.15) is 5.02 Å². The Kier molecular flexibility index (Phi) is 3.44. The molecule has 1 rings (SSSR count). The summed E-state index contributed by atoms with van der Waals surface area (Å²) in [6, 6.07) is 0.988. The Morgan fingerprint density at radius 1 is 1.62 bits per heavy atom. The van der Waals surface area contributed by atoms with E-state index < -0.39 is 12.0 Å². The molecule has 1 heterocycles. The summed E-state index contributed by atoms with van der Waals surface area (Å²) in [5.74, 6) is 0.